The second-order valence-corrected chi connectivity index (χ2v) is 5.87. The molecular weight excluding hydrogens is 272 g/mol. The first-order valence-corrected chi connectivity index (χ1v) is 7.35. The molecular formula is C15H12N2O2S. The smallest absolute Gasteiger partial charge is 0.218 e. The van der Waals surface area contributed by atoms with Crippen molar-refractivity contribution >= 4 is 15.5 Å². The molecule has 0 saturated carbocycles. The Morgan fingerprint density at radius 3 is 2.10 bits per heavy atom. The van der Waals surface area contributed by atoms with E-state index in [2.05, 4.69) is 5.32 Å². The Labute approximate surface area is 117 Å². The fourth-order valence-electron chi connectivity index (χ4n) is 1.58. The molecule has 0 amide bonds. The van der Waals surface area contributed by atoms with Crippen LogP contribution in [0.25, 0.3) is 0 Å². The lowest BCUT2D eigenvalue weighted by atomic mass is 10.3. The zero-order chi connectivity index (χ0) is 14.4. The van der Waals surface area contributed by atoms with Gasteiger partial charge in [0, 0.05) is 11.9 Å². The van der Waals surface area contributed by atoms with Crippen LogP contribution in [0.1, 0.15) is 0 Å². The van der Waals surface area contributed by atoms with E-state index in [0.29, 0.717) is 5.69 Å². The van der Waals surface area contributed by atoms with E-state index < -0.39 is 9.84 Å². The number of nitrogens with zero attached hydrogens (tertiary/aromatic N) is 1. The Hall–Kier alpha value is -2.58. The summed E-state index contributed by atoms with van der Waals surface area (Å²) in [4.78, 5) is -0.227. The summed E-state index contributed by atoms with van der Waals surface area (Å²) in [7, 11) is -3.78. The van der Waals surface area contributed by atoms with Crippen molar-refractivity contribution in [2.45, 2.75) is 4.90 Å². The number of anilines is 1. The molecule has 0 radical (unpaired) electrons. The molecule has 0 aliphatic heterocycles. The van der Waals surface area contributed by atoms with Crippen LogP contribution in [0.4, 0.5) is 5.69 Å². The molecule has 2 rings (SSSR count). The monoisotopic (exact) mass is 284 g/mol. The molecule has 0 saturated heterocycles. The standard InChI is InChI=1S/C15H12N2O2S/c16-11-15(12-17-13-7-3-1-4-8-13)20(18,19)14-9-5-2-6-10-14/h1-10,12,17H/b15-12+. The van der Waals surface area contributed by atoms with E-state index in [0.717, 1.165) is 0 Å². The number of rotatable bonds is 4. The van der Waals surface area contributed by atoms with E-state index in [-0.39, 0.29) is 9.80 Å². The Kier molecular flexibility index (Phi) is 4.18. The Bertz CT molecular complexity index is 745. The lowest BCUT2D eigenvalue weighted by Crippen LogP contribution is -2.05. The topological polar surface area (TPSA) is 70.0 Å². The quantitative estimate of drug-likeness (QED) is 0.876. The predicted octanol–water partition coefficient (Wildman–Crippen LogP) is 2.94. The van der Waals surface area contributed by atoms with Crippen molar-refractivity contribution in [2.75, 3.05) is 5.32 Å². The molecule has 2 aromatic rings. The van der Waals surface area contributed by atoms with E-state index >= 15 is 0 Å². The van der Waals surface area contributed by atoms with Crippen molar-refractivity contribution in [2.24, 2.45) is 0 Å². The van der Waals surface area contributed by atoms with E-state index in [1.165, 1.54) is 18.3 Å². The SMILES string of the molecule is N#C/C(=C\Nc1ccccc1)S(=O)(=O)c1ccccc1. The van der Waals surface area contributed by atoms with E-state index in [9.17, 15) is 8.42 Å². The largest absolute Gasteiger partial charge is 0.360 e. The molecule has 0 aromatic heterocycles. The lowest BCUT2D eigenvalue weighted by molar-refractivity contribution is 0.603. The van der Waals surface area contributed by atoms with E-state index in [4.69, 9.17) is 5.26 Å². The second-order valence-electron chi connectivity index (χ2n) is 3.95. The number of allylic oxidation sites excluding steroid dienone is 1. The summed E-state index contributed by atoms with van der Waals surface area (Å²) >= 11 is 0. The second kappa shape index (κ2) is 6.04. The first-order valence-electron chi connectivity index (χ1n) is 5.86. The van der Waals surface area contributed by atoms with Gasteiger partial charge in [-0.25, -0.2) is 8.42 Å². The lowest BCUT2D eigenvalue weighted by Gasteiger charge is -2.04. The average Bonchev–Trinajstić information content (AvgIpc) is 2.49. The van der Waals surface area contributed by atoms with Gasteiger partial charge in [0.25, 0.3) is 0 Å². The van der Waals surface area contributed by atoms with Crippen molar-refractivity contribution < 1.29 is 8.42 Å². The van der Waals surface area contributed by atoms with Crippen LogP contribution < -0.4 is 5.32 Å². The summed E-state index contributed by atoms with van der Waals surface area (Å²) in [6.07, 6.45) is 1.21. The van der Waals surface area contributed by atoms with Gasteiger partial charge in [0.05, 0.1) is 4.90 Å². The average molecular weight is 284 g/mol. The molecule has 0 unspecified atom stereocenters. The molecule has 0 aliphatic rings. The van der Waals surface area contributed by atoms with Crippen LogP contribution in [-0.2, 0) is 9.84 Å². The number of para-hydroxylation sites is 1. The Morgan fingerprint density at radius 1 is 1.00 bits per heavy atom. The van der Waals surface area contributed by atoms with Crippen molar-refractivity contribution in [3.05, 3.63) is 71.8 Å². The van der Waals surface area contributed by atoms with E-state index in [1.54, 1.807) is 36.4 Å². The van der Waals surface area contributed by atoms with Crippen LogP contribution in [0.15, 0.2) is 76.7 Å². The number of hydrogen-bond acceptors (Lipinski definition) is 4. The maximum Gasteiger partial charge on any atom is 0.218 e. The first kappa shape index (κ1) is 13.8. The minimum atomic E-state index is -3.78. The summed E-state index contributed by atoms with van der Waals surface area (Å²) in [6.45, 7) is 0. The van der Waals surface area contributed by atoms with Gasteiger partial charge in [-0.1, -0.05) is 36.4 Å². The fourth-order valence-corrected chi connectivity index (χ4v) is 2.68. The number of sulfone groups is 1. The molecule has 20 heavy (non-hydrogen) atoms. The van der Waals surface area contributed by atoms with Gasteiger partial charge in [-0.2, -0.15) is 5.26 Å². The van der Waals surface area contributed by atoms with Crippen molar-refractivity contribution in [1.82, 2.24) is 0 Å². The zero-order valence-electron chi connectivity index (χ0n) is 10.5. The summed E-state index contributed by atoms with van der Waals surface area (Å²) in [5.41, 5.74) is 0.712. The Morgan fingerprint density at radius 2 is 1.55 bits per heavy atom. The number of benzene rings is 2. The zero-order valence-corrected chi connectivity index (χ0v) is 11.3. The van der Waals surface area contributed by atoms with Gasteiger partial charge in [0.2, 0.25) is 9.84 Å². The van der Waals surface area contributed by atoms with Crippen LogP contribution in [-0.4, -0.2) is 8.42 Å². The molecule has 0 bridgehead atoms. The number of hydrogen-bond donors (Lipinski definition) is 1. The third-order valence-corrected chi connectivity index (χ3v) is 4.28. The van der Waals surface area contributed by atoms with Gasteiger partial charge in [0.1, 0.15) is 6.07 Å². The summed E-state index contributed by atoms with van der Waals surface area (Å²) < 4.78 is 24.5. The molecule has 2 aromatic carbocycles. The van der Waals surface area contributed by atoms with Crippen molar-refractivity contribution in [1.29, 1.82) is 5.26 Å². The van der Waals surface area contributed by atoms with E-state index in [1.807, 2.05) is 18.2 Å². The normalized spacial score (nSPS) is 11.7. The number of nitriles is 1. The molecule has 0 atom stereocenters. The molecule has 4 nitrogen and oxygen atoms in total. The van der Waals surface area contributed by atoms with Gasteiger partial charge in [-0.15, -0.1) is 0 Å². The minimum Gasteiger partial charge on any atom is -0.360 e. The van der Waals surface area contributed by atoms with Crippen molar-refractivity contribution in [3.63, 3.8) is 0 Å². The molecule has 0 aliphatic carbocycles. The minimum absolute atomic E-state index is 0.0997. The first-order chi connectivity index (χ1) is 9.64. The molecule has 0 spiro atoms. The molecule has 0 heterocycles. The highest BCUT2D eigenvalue weighted by atomic mass is 32.2. The summed E-state index contributed by atoms with van der Waals surface area (Å²) in [5, 5.41) is 11.9. The summed E-state index contributed by atoms with van der Waals surface area (Å²) in [6, 6.07) is 18.6. The van der Waals surface area contributed by atoms with Crippen LogP contribution in [0.5, 0.6) is 0 Å². The Balaban J connectivity index is 2.31. The molecule has 1 N–H and O–H groups in total. The fraction of sp³-hybridized carbons (Fsp3) is 0. The van der Waals surface area contributed by atoms with Crippen LogP contribution in [0, 0.1) is 11.3 Å². The third kappa shape index (κ3) is 3.05. The highest BCUT2D eigenvalue weighted by molar-refractivity contribution is 7.95. The van der Waals surface area contributed by atoms with Gasteiger partial charge < -0.3 is 5.32 Å². The van der Waals surface area contributed by atoms with Crippen LogP contribution >= 0.6 is 0 Å². The van der Waals surface area contributed by atoms with Gasteiger partial charge in [0.15, 0.2) is 4.91 Å². The summed E-state index contributed by atoms with van der Waals surface area (Å²) in [5.74, 6) is 0. The predicted molar refractivity (Wildman–Crippen MR) is 77.4 cm³/mol. The van der Waals surface area contributed by atoms with Crippen molar-refractivity contribution in [3.8, 4) is 6.07 Å². The van der Waals surface area contributed by atoms with Gasteiger partial charge in [-0.05, 0) is 24.3 Å². The van der Waals surface area contributed by atoms with Gasteiger partial charge in [-0.3, -0.25) is 0 Å². The number of nitrogens with one attached hydrogen (secondary N) is 1. The van der Waals surface area contributed by atoms with Crippen LogP contribution in [0.2, 0.25) is 0 Å². The highest BCUT2D eigenvalue weighted by Crippen LogP contribution is 2.18. The molecule has 0 fully saturated rings. The third-order valence-electron chi connectivity index (χ3n) is 2.60. The maximum atomic E-state index is 12.3. The molecule has 100 valence electrons. The van der Waals surface area contributed by atoms with Gasteiger partial charge >= 0.3 is 0 Å². The highest BCUT2D eigenvalue weighted by Gasteiger charge is 2.20. The van der Waals surface area contributed by atoms with Crippen LogP contribution in [0.3, 0.4) is 0 Å². The maximum absolute atomic E-state index is 12.3. The molecule has 5 heteroatoms.